The summed E-state index contributed by atoms with van der Waals surface area (Å²) in [5, 5.41) is 16.9. The second-order valence-electron chi connectivity index (χ2n) is 8.34. The van der Waals surface area contributed by atoms with Crippen molar-refractivity contribution in [3.05, 3.63) is 53.2 Å². The van der Waals surface area contributed by atoms with Gasteiger partial charge in [0.15, 0.2) is 11.9 Å². The molecule has 1 fully saturated rings. The van der Waals surface area contributed by atoms with Crippen LogP contribution in [0.15, 0.2) is 36.8 Å². The lowest BCUT2D eigenvalue weighted by Gasteiger charge is -2.34. The SMILES string of the molecule is C=C(CCn1cc(OC2CC(OC(F)(F)F)C2)cn1)NC(=O)[C@H]1C[C@@H](O)c2cc(Cl)c(F)cc2O1. The van der Waals surface area contributed by atoms with E-state index < -0.39 is 36.4 Å². The number of halogens is 5. The van der Waals surface area contributed by atoms with Gasteiger partial charge < -0.3 is 19.9 Å². The highest BCUT2D eigenvalue weighted by molar-refractivity contribution is 6.30. The fourth-order valence-electron chi connectivity index (χ4n) is 3.78. The molecule has 190 valence electrons. The Bertz CT molecular complexity index is 1100. The molecule has 8 nitrogen and oxygen atoms in total. The fourth-order valence-corrected chi connectivity index (χ4v) is 3.96. The molecule has 1 aromatic carbocycles. The number of alkyl halides is 3. The first-order valence-corrected chi connectivity index (χ1v) is 11.1. The minimum absolute atomic E-state index is 0.0377. The summed E-state index contributed by atoms with van der Waals surface area (Å²) >= 11 is 5.74. The van der Waals surface area contributed by atoms with Gasteiger partial charge in [0.25, 0.3) is 5.91 Å². The van der Waals surface area contributed by atoms with Gasteiger partial charge in [-0.3, -0.25) is 14.2 Å². The molecule has 35 heavy (non-hydrogen) atoms. The largest absolute Gasteiger partial charge is 0.522 e. The number of hydrogen-bond acceptors (Lipinski definition) is 6. The van der Waals surface area contributed by atoms with Crippen LogP contribution < -0.4 is 14.8 Å². The molecule has 4 rings (SSSR count). The topological polar surface area (TPSA) is 94.8 Å². The number of amides is 1. The van der Waals surface area contributed by atoms with E-state index in [9.17, 15) is 27.5 Å². The fraction of sp³-hybridized carbons (Fsp3) is 0.455. The first kappa shape index (κ1) is 25.3. The van der Waals surface area contributed by atoms with Crippen molar-refractivity contribution in [2.24, 2.45) is 0 Å². The zero-order valence-corrected chi connectivity index (χ0v) is 19.0. The smallest absolute Gasteiger partial charge is 0.487 e. The Morgan fingerprint density at radius 2 is 2.06 bits per heavy atom. The van der Waals surface area contributed by atoms with Gasteiger partial charge in [0, 0.05) is 49.6 Å². The lowest BCUT2D eigenvalue weighted by molar-refractivity contribution is -0.355. The number of aryl methyl sites for hydroxylation is 1. The Kier molecular flexibility index (Phi) is 7.25. The number of aromatic nitrogens is 2. The number of carbonyl (C=O) groups is 1. The highest BCUT2D eigenvalue weighted by Crippen LogP contribution is 2.38. The molecule has 1 amide bonds. The molecule has 0 spiro atoms. The summed E-state index contributed by atoms with van der Waals surface area (Å²) in [5.41, 5.74) is 0.673. The third-order valence-electron chi connectivity index (χ3n) is 5.62. The maximum atomic E-state index is 13.7. The monoisotopic (exact) mass is 519 g/mol. The van der Waals surface area contributed by atoms with E-state index in [-0.39, 0.29) is 36.1 Å². The Labute approximate surface area is 202 Å². The van der Waals surface area contributed by atoms with Gasteiger partial charge in [-0.2, -0.15) is 5.10 Å². The molecule has 1 saturated carbocycles. The van der Waals surface area contributed by atoms with Crippen molar-refractivity contribution < 1.29 is 41.7 Å². The number of benzene rings is 1. The molecule has 0 unspecified atom stereocenters. The highest BCUT2D eigenvalue weighted by atomic mass is 35.5. The lowest BCUT2D eigenvalue weighted by atomic mass is 9.92. The van der Waals surface area contributed by atoms with E-state index in [0.29, 0.717) is 30.0 Å². The average molecular weight is 520 g/mol. The third kappa shape index (κ3) is 6.44. The molecule has 1 aliphatic carbocycles. The first-order chi connectivity index (χ1) is 16.5. The summed E-state index contributed by atoms with van der Waals surface area (Å²) in [5.74, 6) is -0.813. The maximum absolute atomic E-state index is 13.7. The van der Waals surface area contributed by atoms with E-state index in [4.69, 9.17) is 21.1 Å². The predicted octanol–water partition coefficient (Wildman–Crippen LogP) is 4.03. The van der Waals surface area contributed by atoms with Gasteiger partial charge in [-0.05, 0) is 6.07 Å². The molecule has 0 bridgehead atoms. The first-order valence-electron chi connectivity index (χ1n) is 10.7. The van der Waals surface area contributed by atoms with Crippen LogP contribution in [0.5, 0.6) is 11.5 Å². The summed E-state index contributed by atoms with van der Waals surface area (Å²) < 4.78 is 66.9. The number of fused-ring (bicyclic) bond motifs is 1. The normalized spacial score (nSPS) is 23.6. The van der Waals surface area contributed by atoms with E-state index in [1.807, 2.05) is 0 Å². The maximum Gasteiger partial charge on any atom is 0.522 e. The second-order valence-corrected chi connectivity index (χ2v) is 8.75. The van der Waals surface area contributed by atoms with Gasteiger partial charge >= 0.3 is 6.36 Å². The summed E-state index contributed by atoms with van der Waals surface area (Å²) in [6, 6.07) is 2.30. The van der Waals surface area contributed by atoms with Crippen LogP contribution in [-0.2, 0) is 16.1 Å². The second kappa shape index (κ2) is 10.0. The minimum atomic E-state index is -4.65. The number of hydrogen-bond donors (Lipinski definition) is 2. The van der Waals surface area contributed by atoms with Gasteiger partial charge in [0.1, 0.15) is 17.7 Å². The van der Waals surface area contributed by atoms with Gasteiger partial charge in [-0.25, -0.2) is 4.39 Å². The van der Waals surface area contributed by atoms with Crippen molar-refractivity contribution in [1.82, 2.24) is 15.1 Å². The number of ether oxygens (including phenoxy) is 3. The Balaban J connectivity index is 1.21. The van der Waals surface area contributed by atoms with E-state index in [0.717, 1.165) is 6.07 Å². The van der Waals surface area contributed by atoms with E-state index in [2.05, 4.69) is 21.7 Å². The van der Waals surface area contributed by atoms with Crippen LogP contribution in [-0.4, -0.2) is 45.5 Å². The summed E-state index contributed by atoms with van der Waals surface area (Å²) in [6.07, 6.45) is -4.46. The molecule has 1 aliphatic heterocycles. The van der Waals surface area contributed by atoms with Crippen molar-refractivity contribution in [2.75, 3.05) is 0 Å². The van der Waals surface area contributed by atoms with Crippen LogP contribution in [0.1, 0.15) is 37.4 Å². The minimum Gasteiger partial charge on any atom is -0.487 e. The molecule has 2 aliphatic rings. The average Bonchev–Trinajstić information content (AvgIpc) is 3.18. The van der Waals surface area contributed by atoms with Crippen LogP contribution in [0.25, 0.3) is 0 Å². The number of rotatable bonds is 8. The number of nitrogens with one attached hydrogen (secondary N) is 1. The van der Waals surface area contributed by atoms with Crippen LogP contribution in [0.3, 0.4) is 0 Å². The van der Waals surface area contributed by atoms with Crippen LogP contribution in [0, 0.1) is 5.82 Å². The quantitative estimate of drug-likeness (QED) is 0.512. The Hall–Kier alpha value is -2.83. The number of carbonyl (C=O) groups excluding carboxylic acids is 1. The molecule has 0 saturated heterocycles. The van der Waals surface area contributed by atoms with Crippen LogP contribution in [0.4, 0.5) is 17.6 Å². The zero-order valence-electron chi connectivity index (χ0n) is 18.2. The number of aliphatic hydroxyl groups is 1. The summed E-state index contributed by atoms with van der Waals surface area (Å²) in [4.78, 5) is 12.6. The molecule has 2 N–H and O–H groups in total. The molecule has 2 heterocycles. The number of aliphatic hydroxyl groups excluding tert-OH is 1. The van der Waals surface area contributed by atoms with Crippen LogP contribution >= 0.6 is 11.6 Å². The molecule has 2 atom stereocenters. The number of allylic oxidation sites excluding steroid dienone is 1. The molecular formula is C22H22ClF4N3O5. The van der Waals surface area contributed by atoms with Crippen molar-refractivity contribution in [3.8, 4) is 11.5 Å². The molecule has 13 heteroatoms. The van der Waals surface area contributed by atoms with Crippen molar-refractivity contribution in [3.63, 3.8) is 0 Å². The zero-order chi connectivity index (χ0) is 25.3. The van der Waals surface area contributed by atoms with Gasteiger partial charge in [0.2, 0.25) is 0 Å². The van der Waals surface area contributed by atoms with Gasteiger partial charge in [0.05, 0.1) is 29.6 Å². The van der Waals surface area contributed by atoms with E-state index in [1.165, 1.54) is 12.3 Å². The molecule has 1 aromatic heterocycles. The number of nitrogens with zero attached hydrogens (tertiary/aromatic N) is 2. The lowest BCUT2D eigenvalue weighted by Crippen LogP contribution is -2.42. The molecule has 0 radical (unpaired) electrons. The molecular weight excluding hydrogens is 498 g/mol. The van der Waals surface area contributed by atoms with Gasteiger partial charge in [-0.15, -0.1) is 13.2 Å². The van der Waals surface area contributed by atoms with Crippen molar-refractivity contribution in [1.29, 1.82) is 0 Å². The molecule has 2 aromatic rings. The Morgan fingerprint density at radius 1 is 1.31 bits per heavy atom. The Morgan fingerprint density at radius 3 is 2.77 bits per heavy atom. The van der Waals surface area contributed by atoms with Crippen molar-refractivity contribution in [2.45, 2.75) is 63.0 Å². The van der Waals surface area contributed by atoms with Gasteiger partial charge in [-0.1, -0.05) is 18.2 Å². The van der Waals surface area contributed by atoms with Crippen molar-refractivity contribution >= 4 is 17.5 Å². The predicted molar refractivity (Wildman–Crippen MR) is 114 cm³/mol. The highest BCUT2D eigenvalue weighted by Gasteiger charge is 2.41. The van der Waals surface area contributed by atoms with E-state index >= 15 is 0 Å². The summed E-state index contributed by atoms with van der Waals surface area (Å²) in [6.45, 7) is 4.14. The van der Waals surface area contributed by atoms with E-state index in [1.54, 1.807) is 10.9 Å². The standard InChI is InChI=1S/C22H22ClF4N3O5/c1-11(29-21(32)20-8-18(31)15-6-16(23)17(24)7-19(15)34-20)2-3-30-10-14(9-28-30)33-12-4-13(5-12)35-22(25,26)27/h6-7,9-10,12-13,18,20,31H,1-5,8H2,(H,29,32)/t12?,13?,18-,20-/m1/s1. The van der Waals surface area contributed by atoms with Crippen LogP contribution in [0.2, 0.25) is 5.02 Å². The summed E-state index contributed by atoms with van der Waals surface area (Å²) in [7, 11) is 0. The third-order valence-corrected chi connectivity index (χ3v) is 5.91.